The third kappa shape index (κ3) is 6.32. The second kappa shape index (κ2) is 11.8. The molecule has 0 bridgehead atoms. The summed E-state index contributed by atoms with van der Waals surface area (Å²) in [6, 6.07) is 7.44. The van der Waals surface area contributed by atoms with E-state index in [4.69, 9.17) is 4.74 Å². The third-order valence-corrected chi connectivity index (χ3v) is 8.31. The van der Waals surface area contributed by atoms with Crippen molar-refractivity contribution in [1.82, 2.24) is 15.5 Å². The summed E-state index contributed by atoms with van der Waals surface area (Å²) in [5.41, 5.74) is 0.886. The molecule has 1 saturated heterocycles. The van der Waals surface area contributed by atoms with Gasteiger partial charge in [0.05, 0.1) is 24.8 Å². The minimum Gasteiger partial charge on any atom is -0.497 e. The minimum absolute atomic E-state index is 0.0316. The van der Waals surface area contributed by atoms with Crippen LogP contribution >= 0.6 is 11.8 Å². The van der Waals surface area contributed by atoms with Crippen LogP contribution in [0.25, 0.3) is 0 Å². The van der Waals surface area contributed by atoms with Crippen LogP contribution in [0, 0.1) is 11.3 Å². The van der Waals surface area contributed by atoms with Crippen LogP contribution < -0.4 is 15.4 Å². The number of rotatable bonds is 9. The van der Waals surface area contributed by atoms with Gasteiger partial charge in [-0.25, -0.2) is 4.79 Å². The number of carbonyl (C=O) groups is 2. The molecule has 0 radical (unpaired) electrons. The van der Waals surface area contributed by atoms with Crippen molar-refractivity contribution in [3.63, 3.8) is 0 Å². The Morgan fingerprint density at radius 3 is 2.53 bits per heavy atom. The maximum atomic E-state index is 13.1. The maximum Gasteiger partial charge on any atom is 0.315 e. The fourth-order valence-electron chi connectivity index (χ4n) is 4.84. The van der Waals surface area contributed by atoms with Crippen molar-refractivity contribution >= 4 is 23.7 Å². The number of methoxy groups -OCH3 is 1. The molecule has 1 saturated carbocycles. The van der Waals surface area contributed by atoms with Crippen LogP contribution in [0.3, 0.4) is 0 Å². The molecule has 1 heterocycles. The molecule has 1 aliphatic carbocycles. The average Bonchev–Trinajstić information content (AvgIpc) is 3.10. The van der Waals surface area contributed by atoms with E-state index in [1.54, 1.807) is 12.0 Å². The standard InChI is InChI=1S/C24H37N3O4S/c1-24(19-7-5-3-4-6-8-19)17-25-23(30)26-22(24)32-16-21(29)27(13-14-28)15-18-9-11-20(31-2)12-10-18/h9-12,19,22,28H,3-8,13-17H2,1-2H3,(H2,25,26,30). The first kappa shape index (κ1) is 24.7. The van der Waals surface area contributed by atoms with Crippen molar-refractivity contribution in [3.05, 3.63) is 29.8 Å². The number of nitrogens with one attached hydrogen (secondary N) is 2. The van der Waals surface area contributed by atoms with Crippen molar-refractivity contribution in [3.8, 4) is 5.75 Å². The lowest BCUT2D eigenvalue weighted by Gasteiger charge is -2.46. The first-order valence-corrected chi connectivity index (χ1v) is 12.7. The molecule has 2 unspecified atom stereocenters. The number of aliphatic hydroxyl groups excluding tert-OH is 1. The summed E-state index contributed by atoms with van der Waals surface area (Å²) in [6.45, 7) is 3.52. The molecular weight excluding hydrogens is 426 g/mol. The number of carbonyl (C=O) groups excluding carboxylic acids is 2. The van der Waals surface area contributed by atoms with Gasteiger partial charge in [0.1, 0.15) is 5.75 Å². The number of aliphatic hydroxyl groups is 1. The van der Waals surface area contributed by atoms with Gasteiger partial charge >= 0.3 is 6.03 Å². The van der Waals surface area contributed by atoms with E-state index in [9.17, 15) is 14.7 Å². The van der Waals surface area contributed by atoms with E-state index in [1.165, 1.54) is 50.3 Å². The summed E-state index contributed by atoms with van der Waals surface area (Å²) < 4.78 is 5.20. The lowest BCUT2D eigenvalue weighted by atomic mass is 9.72. The Labute approximate surface area is 195 Å². The van der Waals surface area contributed by atoms with Crippen molar-refractivity contribution < 1.29 is 19.4 Å². The van der Waals surface area contributed by atoms with E-state index in [0.717, 1.165) is 11.3 Å². The Balaban J connectivity index is 1.64. The van der Waals surface area contributed by atoms with Gasteiger partial charge in [-0.3, -0.25) is 4.79 Å². The fraction of sp³-hybridized carbons (Fsp3) is 0.667. The first-order chi connectivity index (χ1) is 15.5. The summed E-state index contributed by atoms with van der Waals surface area (Å²) in [5, 5.41) is 15.5. The Bertz CT molecular complexity index is 752. The van der Waals surface area contributed by atoms with Crippen molar-refractivity contribution in [1.29, 1.82) is 0 Å². The van der Waals surface area contributed by atoms with Gasteiger partial charge in [-0.05, 0) is 36.5 Å². The van der Waals surface area contributed by atoms with Gasteiger partial charge in [-0.1, -0.05) is 44.7 Å². The fourth-order valence-corrected chi connectivity index (χ4v) is 6.18. The lowest BCUT2D eigenvalue weighted by Crippen LogP contribution is -2.61. The zero-order valence-corrected chi connectivity index (χ0v) is 20.1. The van der Waals surface area contributed by atoms with Crippen LogP contribution in [-0.2, 0) is 11.3 Å². The van der Waals surface area contributed by atoms with Gasteiger partial charge in [-0.2, -0.15) is 0 Å². The van der Waals surface area contributed by atoms with Crippen molar-refractivity contribution in [2.45, 2.75) is 57.4 Å². The van der Waals surface area contributed by atoms with Gasteiger partial charge in [0.2, 0.25) is 5.91 Å². The number of amides is 3. The quantitative estimate of drug-likeness (QED) is 0.489. The monoisotopic (exact) mass is 463 g/mol. The van der Waals surface area contributed by atoms with Gasteiger partial charge in [0, 0.05) is 25.0 Å². The van der Waals surface area contributed by atoms with E-state index in [-0.39, 0.29) is 41.6 Å². The molecular formula is C24H37N3O4S. The summed E-state index contributed by atoms with van der Waals surface area (Å²) in [7, 11) is 1.62. The molecule has 1 aliphatic heterocycles. The number of benzene rings is 1. The molecule has 2 atom stereocenters. The van der Waals surface area contributed by atoms with Crippen LogP contribution in [0.1, 0.15) is 51.0 Å². The van der Waals surface area contributed by atoms with Gasteiger partial charge in [0.15, 0.2) is 0 Å². The lowest BCUT2D eigenvalue weighted by molar-refractivity contribution is -0.129. The smallest absolute Gasteiger partial charge is 0.315 e. The van der Waals surface area contributed by atoms with Gasteiger partial charge < -0.3 is 25.4 Å². The van der Waals surface area contributed by atoms with Gasteiger partial charge in [0.25, 0.3) is 0 Å². The normalized spacial score (nSPS) is 24.2. The molecule has 2 fully saturated rings. The van der Waals surface area contributed by atoms with Crippen LogP contribution in [0.5, 0.6) is 5.75 Å². The van der Waals surface area contributed by atoms with E-state index < -0.39 is 0 Å². The number of urea groups is 1. The molecule has 3 amide bonds. The molecule has 8 heteroatoms. The zero-order valence-electron chi connectivity index (χ0n) is 19.3. The maximum absolute atomic E-state index is 13.1. The third-order valence-electron chi connectivity index (χ3n) is 6.91. The topological polar surface area (TPSA) is 90.9 Å². The molecule has 2 aliphatic rings. The highest BCUT2D eigenvalue weighted by Gasteiger charge is 2.45. The number of hydrogen-bond donors (Lipinski definition) is 3. The molecule has 1 aromatic carbocycles. The number of hydrogen-bond acceptors (Lipinski definition) is 5. The highest BCUT2D eigenvalue weighted by Crippen LogP contribution is 2.44. The Morgan fingerprint density at radius 2 is 1.91 bits per heavy atom. The Morgan fingerprint density at radius 1 is 1.22 bits per heavy atom. The van der Waals surface area contributed by atoms with E-state index in [0.29, 0.717) is 19.0 Å². The van der Waals surface area contributed by atoms with Crippen LogP contribution in [-0.4, -0.2) is 59.9 Å². The molecule has 3 N–H and O–H groups in total. The zero-order chi connectivity index (χ0) is 23.0. The van der Waals surface area contributed by atoms with Crippen LogP contribution in [0.4, 0.5) is 4.79 Å². The Hall–Kier alpha value is -1.93. The highest BCUT2D eigenvalue weighted by atomic mass is 32.2. The summed E-state index contributed by atoms with van der Waals surface area (Å²) in [5.74, 6) is 1.53. The minimum atomic E-state index is -0.161. The number of ether oxygens (including phenoxy) is 1. The summed E-state index contributed by atoms with van der Waals surface area (Å²) in [4.78, 5) is 26.9. The van der Waals surface area contributed by atoms with Crippen molar-refractivity contribution in [2.75, 3.05) is 32.6 Å². The second-order valence-corrected chi connectivity index (χ2v) is 10.2. The molecule has 0 aromatic heterocycles. The molecule has 0 spiro atoms. The molecule has 7 nitrogen and oxygen atoms in total. The largest absolute Gasteiger partial charge is 0.497 e. The van der Waals surface area contributed by atoms with E-state index in [2.05, 4.69) is 17.6 Å². The predicted octanol–water partition coefficient (Wildman–Crippen LogP) is 3.36. The molecule has 178 valence electrons. The summed E-state index contributed by atoms with van der Waals surface area (Å²) in [6.07, 6.45) is 7.38. The first-order valence-electron chi connectivity index (χ1n) is 11.6. The van der Waals surface area contributed by atoms with Crippen LogP contribution in [0.15, 0.2) is 24.3 Å². The SMILES string of the molecule is COc1ccc(CN(CCO)C(=O)CSC2NC(=O)NCC2(C)C2CCCCCC2)cc1. The highest BCUT2D eigenvalue weighted by molar-refractivity contribution is 8.00. The second-order valence-electron chi connectivity index (χ2n) is 9.10. The molecule has 1 aromatic rings. The van der Waals surface area contributed by atoms with E-state index >= 15 is 0 Å². The van der Waals surface area contributed by atoms with Crippen LogP contribution in [0.2, 0.25) is 0 Å². The van der Waals surface area contributed by atoms with Gasteiger partial charge in [-0.15, -0.1) is 11.8 Å². The Kier molecular flexibility index (Phi) is 9.11. The average molecular weight is 464 g/mol. The summed E-state index contributed by atoms with van der Waals surface area (Å²) >= 11 is 1.52. The molecule has 3 rings (SSSR count). The number of nitrogens with zero attached hydrogens (tertiary/aromatic N) is 1. The number of thioether (sulfide) groups is 1. The van der Waals surface area contributed by atoms with Crippen molar-refractivity contribution in [2.24, 2.45) is 11.3 Å². The predicted molar refractivity (Wildman–Crippen MR) is 128 cm³/mol. The molecule has 32 heavy (non-hydrogen) atoms. The van der Waals surface area contributed by atoms with E-state index in [1.807, 2.05) is 24.3 Å².